The van der Waals surface area contributed by atoms with Gasteiger partial charge in [-0.3, -0.25) is 4.79 Å². The van der Waals surface area contributed by atoms with Gasteiger partial charge >= 0.3 is 0 Å². The maximum absolute atomic E-state index is 12.6. The maximum atomic E-state index is 12.6. The molecule has 0 saturated heterocycles. The summed E-state index contributed by atoms with van der Waals surface area (Å²) in [4.78, 5) is 17.1. The van der Waals surface area contributed by atoms with Crippen LogP contribution in [0.25, 0.3) is 10.6 Å². The zero-order valence-corrected chi connectivity index (χ0v) is 15.6. The van der Waals surface area contributed by atoms with E-state index in [1.165, 1.54) is 16.9 Å². The highest BCUT2D eigenvalue weighted by atomic mass is 32.1. The van der Waals surface area contributed by atoms with Crippen molar-refractivity contribution in [2.75, 3.05) is 5.32 Å². The second-order valence-corrected chi connectivity index (χ2v) is 7.08. The van der Waals surface area contributed by atoms with Crippen LogP contribution in [-0.4, -0.2) is 20.7 Å². The van der Waals surface area contributed by atoms with Crippen molar-refractivity contribution in [3.8, 4) is 10.6 Å². The smallest absolute Gasteiger partial charge is 0.276 e. The van der Waals surface area contributed by atoms with Crippen molar-refractivity contribution in [3.05, 3.63) is 89.1 Å². The lowest BCUT2D eigenvalue weighted by Crippen LogP contribution is -2.16. The molecule has 27 heavy (non-hydrogen) atoms. The van der Waals surface area contributed by atoms with E-state index in [-0.39, 0.29) is 5.91 Å². The molecule has 2 aromatic heterocycles. The van der Waals surface area contributed by atoms with Gasteiger partial charge in [-0.05, 0) is 12.5 Å². The van der Waals surface area contributed by atoms with Crippen molar-refractivity contribution >= 4 is 23.1 Å². The molecule has 0 fully saturated rings. The number of hydrogen-bond donors (Lipinski definition) is 1. The molecule has 1 N–H and O–H groups in total. The highest BCUT2D eigenvalue weighted by Crippen LogP contribution is 2.23. The van der Waals surface area contributed by atoms with Crippen LogP contribution in [0.2, 0.25) is 0 Å². The first-order valence-electron chi connectivity index (χ1n) is 8.59. The number of amides is 1. The number of aryl methyl sites for hydroxylation is 1. The normalized spacial score (nSPS) is 10.7. The second kappa shape index (κ2) is 7.55. The Labute approximate surface area is 161 Å². The van der Waals surface area contributed by atoms with Crippen LogP contribution in [0.1, 0.15) is 21.6 Å². The summed E-state index contributed by atoms with van der Waals surface area (Å²) in [7, 11) is 0. The summed E-state index contributed by atoms with van der Waals surface area (Å²) in [6, 6.07) is 19.9. The third kappa shape index (κ3) is 3.96. The summed E-state index contributed by atoms with van der Waals surface area (Å²) in [6.07, 6.45) is 1.68. The molecule has 0 unspecified atom stereocenters. The number of thiazole rings is 1. The van der Waals surface area contributed by atoms with Crippen molar-refractivity contribution in [1.82, 2.24) is 14.8 Å². The molecule has 4 rings (SSSR count). The molecule has 6 heteroatoms. The van der Waals surface area contributed by atoms with Crippen LogP contribution in [0.3, 0.4) is 0 Å². The Balaban J connectivity index is 1.49. The van der Waals surface area contributed by atoms with Gasteiger partial charge in [0.15, 0.2) is 0 Å². The highest BCUT2D eigenvalue weighted by molar-refractivity contribution is 7.13. The van der Waals surface area contributed by atoms with Crippen LogP contribution >= 0.6 is 11.3 Å². The second-order valence-electron chi connectivity index (χ2n) is 6.22. The lowest BCUT2D eigenvalue weighted by Gasteiger charge is -2.09. The topological polar surface area (TPSA) is 59.8 Å². The average molecular weight is 374 g/mol. The van der Waals surface area contributed by atoms with Gasteiger partial charge in [0.1, 0.15) is 16.5 Å². The molecule has 4 aromatic rings. The van der Waals surface area contributed by atoms with Crippen molar-refractivity contribution < 1.29 is 4.79 Å². The van der Waals surface area contributed by atoms with Gasteiger partial charge in [0.05, 0.1) is 12.7 Å². The molecule has 0 spiro atoms. The van der Waals surface area contributed by atoms with Gasteiger partial charge < -0.3 is 5.32 Å². The summed E-state index contributed by atoms with van der Waals surface area (Å²) >= 11 is 1.46. The van der Waals surface area contributed by atoms with Crippen LogP contribution < -0.4 is 5.32 Å². The van der Waals surface area contributed by atoms with Crippen molar-refractivity contribution in [1.29, 1.82) is 0 Å². The van der Waals surface area contributed by atoms with E-state index in [0.717, 1.165) is 16.1 Å². The van der Waals surface area contributed by atoms with Gasteiger partial charge in [0.25, 0.3) is 5.91 Å². The lowest BCUT2D eigenvalue weighted by atomic mass is 10.1. The number of benzene rings is 2. The fraction of sp³-hybridized carbons (Fsp3) is 0.0952. The van der Waals surface area contributed by atoms with Gasteiger partial charge in [0.2, 0.25) is 0 Å². The maximum Gasteiger partial charge on any atom is 0.276 e. The predicted octanol–water partition coefficient (Wildman–Crippen LogP) is 4.62. The molecule has 0 atom stereocenters. The number of nitrogens with zero attached hydrogens (tertiary/aromatic N) is 3. The third-order valence-corrected chi connectivity index (χ3v) is 5.02. The predicted molar refractivity (Wildman–Crippen MR) is 108 cm³/mol. The number of nitrogens with one attached hydrogen (secondary N) is 1. The Morgan fingerprint density at radius 2 is 1.96 bits per heavy atom. The third-order valence-electron chi connectivity index (χ3n) is 4.13. The zero-order valence-electron chi connectivity index (χ0n) is 14.8. The van der Waals surface area contributed by atoms with E-state index in [9.17, 15) is 4.79 Å². The van der Waals surface area contributed by atoms with Crippen LogP contribution in [0.4, 0.5) is 5.82 Å². The summed E-state index contributed by atoms with van der Waals surface area (Å²) in [6.45, 7) is 2.65. The Morgan fingerprint density at radius 3 is 2.78 bits per heavy atom. The minimum absolute atomic E-state index is 0.237. The Morgan fingerprint density at radius 1 is 1.11 bits per heavy atom. The van der Waals surface area contributed by atoms with Gasteiger partial charge in [-0.1, -0.05) is 60.2 Å². The molecule has 0 aliphatic heterocycles. The number of rotatable bonds is 5. The number of aromatic nitrogens is 3. The molecule has 5 nitrogen and oxygen atoms in total. The van der Waals surface area contributed by atoms with E-state index >= 15 is 0 Å². The molecule has 134 valence electrons. The zero-order chi connectivity index (χ0) is 18.6. The van der Waals surface area contributed by atoms with E-state index < -0.39 is 0 Å². The summed E-state index contributed by atoms with van der Waals surface area (Å²) < 4.78 is 1.77. The number of anilines is 1. The Kier molecular flexibility index (Phi) is 4.80. The molecule has 0 bridgehead atoms. The SMILES string of the molecule is Cc1cccc(Cn2nccc2NC(=O)c2csc(-c3ccccc3)n2)c1. The number of hydrogen-bond acceptors (Lipinski definition) is 4. The molecular formula is C21H18N4OS. The van der Waals surface area contributed by atoms with E-state index in [4.69, 9.17) is 0 Å². The van der Waals surface area contributed by atoms with Gasteiger partial charge in [-0.15, -0.1) is 11.3 Å². The van der Waals surface area contributed by atoms with E-state index in [1.54, 1.807) is 22.3 Å². The summed E-state index contributed by atoms with van der Waals surface area (Å²) in [5, 5.41) is 9.84. The molecule has 2 aromatic carbocycles. The largest absolute Gasteiger partial charge is 0.305 e. The van der Waals surface area contributed by atoms with Gasteiger partial charge in [-0.2, -0.15) is 5.10 Å². The van der Waals surface area contributed by atoms with Crippen LogP contribution in [0.15, 0.2) is 72.2 Å². The minimum atomic E-state index is -0.237. The van der Waals surface area contributed by atoms with Crippen LogP contribution in [0.5, 0.6) is 0 Å². The fourth-order valence-electron chi connectivity index (χ4n) is 2.82. The number of carbonyl (C=O) groups excluding carboxylic acids is 1. The summed E-state index contributed by atoms with van der Waals surface area (Å²) in [5.41, 5.74) is 3.74. The first kappa shape index (κ1) is 17.2. The Bertz CT molecular complexity index is 1070. The van der Waals surface area contributed by atoms with Crippen molar-refractivity contribution in [2.24, 2.45) is 0 Å². The van der Waals surface area contributed by atoms with Crippen molar-refractivity contribution in [2.45, 2.75) is 13.5 Å². The lowest BCUT2D eigenvalue weighted by molar-refractivity contribution is 0.102. The van der Waals surface area contributed by atoms with Crippen LogP contribution in [0, 0.1) is 6.92 Å². The molecule has 0 aliphatic carbocycles. The summed E-state index contributed by atoms with van der Waals surface area (Å²) in [5.74, 6) is 0.412. The highest BCUT2D eigenvalue weighted by Gasteiger charge is 2.14. The number of carbonyl (C=O) groups is 1. The first-order chi connectivity index (χ1) is 13.2. The van der Waals surface area contributed by atoms with Crippen molar-refractivity contribution in [3.63, 3.8) is 0 Å². The molecule has 2 heterocycles. The van der Waals surface area contributed by atoms with E-state index in [1.807, 2.05) is 42.5 Å². The van der Waals surface area contributed by atoms with Gasteiger partial charge in [-0.25, -0.2) is 9.67 Å². The monoisotopic (exact) mass is 374 g/mol. The van der Waals surface area contributed by atoms with Crippen LogP contribution in [-0.2, 0) is 6.54 Å². The first-order valence-corrected chi connectivity index (χ1v) is 9.47. The molecular weight excluding hydrogens is 356 g/mol. The molecule has 1 amide bonds. The molecule has 0 radical (unpaired) electrons. The standard InChI is InChI=1S/C21H18N4OS/c1-15-6-5-7-16(12-15)13-25-19(10-11-22-25)24-20(26)18-14-27-21(23-18)17-8-3-2-4-9-17/h2-12,14H,13H2,1H3,(H,24,26). The fourth-order valence-corrected chi connectivity index (χ4v) is 3.63. The quantitative estimate of drug-likeness (QED) is 0.555. The molecule has 0 saturated carbocycles. The average Bonchev–Trinajstić information content (AvgIpc) is 3.33. The Hall–Kier alpha value is -3.25. The van der Waals surface area contributed by atoms with Gasteiger partial charge in [0, 0.05) is 17.0 Å². The molecule has 0 aliphatic rings. The van der Waals surface area contributed by atoms with E-state index in [0.29, 0.717) is 18.1 Å². The van der Waals surface area contributed by atoms with E-state index in [2.05, 4.69) is 34.5 Å². The minimum Gasteiger partial charge on any atom is -0.305 e.